The number of anilines is 2. The summed E-state index contributed by atoms with van der Waals surface area (Å²) >= 11 is 3.42. The summed E-state index contributed by atoms with van der Waals surface area (Å²) in [6, 6.07) is 8.83. The molecule has 0 saturated heterocycles. The molecule has 2 N–H and O–H groups in total. The second kappa shape index (κ2) is 5.64. The minimum Gasteiger partial charge on any atom is -0.308 e. The average Bonchev–Trinajstić information content (AvgIpc) is 2.35. The number of aromatic nitrogens is 1. The highest BCUT2D eigenvalue weighted by atomic mass is 79.9. The number of carbonyl (C=O) groups excluding carboxylic acids is 1. The van der Waals surface area contributed by atoms with Crippen LogP contribution in [0.2, 0.25) is 0 Å². The number of pyridine rings is 1. The molecule has 0 aliphatic rings. The van der Waals surface area contributed by atoms with E-state index < -0.39 is 0 Å². The van der Waals surface area contributed by atoms with Gasteiger partial charge in [0.1, 0.15) is 0 Å². The van der Waals surface area contributed by atoms with Crippen molar-refractivity contribution in [2.24, 2.45) is 0 Å². The van der Waals surface area contributed by atoms with E-state index in [-0.39, 0.29) is 6.03 Å². The number of nitrogens with one attached hydrogen (secondary N) is 2. The Labute approximate surface area is 114 Å². The molecule has 1 heterocycles. The van der Waals surface area contributed by atoms with E-state index in [4.69, 9.17) is 0 Å². The van der Waals surface area contributed by atoms with Crippen LogP contribution in [0.15, 0.2) is 47.2 Å². The molecule has 1 aromatic heterocycles. The zero-order valence-electron chi connectivity index (χ0n) is 9.77. The van der Waals surface area contributed by atoms with Gasteiger partial charge in [-0.2, -0.15) is 0 Å². The first-order valence-electron chi connectivity index (χ1n) is 5.39. The Morgan fingerprint density at radius 3 is 2.44 bits per heavy atom. The van der Waals surface area contributed by atoms with Crippen LogP contribution in [-0.2, 0) is 0 Å². The lowest BCUT2D eigenvalue weighted by atomic mass is 10.2. The van der Waals surface area contributed by atoms with Crippen LogP contribution in [-0.4, -0.2) is 11.0 Å². The molecular formula is C13H12BrN3O. The molecule has 0 aliphatic carbocycles. The van der Waals surface area contributed by atoms with Crippen molar-refractivity contribution >= 4 is 33.3 Å². The number of amides is 2. The number of nitrogens with zero attached hydrogens (tertiary/aromatic N) is 1. The quantitative estimate of drug-likeness (QED) is 0.886. The lowest BCUT2D eigenvalue weighted by Crippen LogP contribution is -2.19. The van der Waals surface area contributed by atoms with Crippen LogP contribution < -0.4 is 10.6 Å². The monoisotopic (exact) mass is 305 g/mol. The van der Waals surface area contributed by atoms with Gasteiger partial charge < -0.3 is 10.6 Å². The standard InChI is InChI=1S/C13H12BrN3O/c1-9-2-3-11(8-12(9)14)17-13(18)16-10-4-6-15-7-5-10/h2-8H,1H3,(H2,15,16,17,18). The van der Waals surface area contributed by atoms with E-state index in [0.29, 0.717) is 5.69 Å². The molecule has 92 valence electrons. The van der Waals surface area contributed by atoms with Gasteiger partial charge in [0.15, 0.2) is 0 Å². The van der Waals surface area contributed by atoms with Crippen molar-refractivity contribution in [1.82, 2.24) is 4.98 Å². The first kappa shape index (κ1) is 12.6. The molecule has 5 heteroatoms. The summed E-state index contributed by atoms with van der Waals surface area (Å²) in [7, 11) is 0. The zero-order chi connectivity index (χ0) is 13.0. The molecule has 0 saturated carbocycles. The maximum absolute atomic E-state index is 11.7. The number of hydrogen-bond acceptors (Lipinski definition) is 2. The Hall–Kier alpha value is -1.88. The third kappa shape index (κ3) is 3.30. The maximum atomic E-state index is 11.7. The molecule has 2 rings (SSSR count). The number of rotatable bonds is 2. The van der Waals surface area contributed by atoms with Crippen LogP contribution in [0, 0.1) is 6.92 Å². The van der Waals surface area contributed by atoms with Gasteiger partial charge in [-0.1, -0.05) is 22.0 Å². The van der Waals surface area contributed by atoms with Gasteiger partial charge in [-0.15, -0.1) is 0 Å². The largest absolute Gasteiger partial charge is 0.323 e. The number of urea groups is 1. The smallest absolute Gasteiger partial charge is 0.308 e. The summed E-state index contributed by atoms with van der Waals surface area (Å²) in [5.41, 5.74) is 2.56. The van der Waals surface area contributed by atoms with E-state index in [9.17, 15) is 4.79 Å². The molecule has 0 spiro atoms. The first-order chi connectivity index (χ1) is 8.65. The summed E-state index contributed by atoms with van der Waals surface area (Å²) in [5.74, 6) is 0. The van der Waals surface area contributed by atoms with E-state index in [1.807, 2.05) is 25.1 Å². The van der Waals surface area contributed by atoms with Crippen LogP contribution in [0.3, 0.4) is 0 Å². The second-order valence-electron chi connectivity index (χ2n) is 3.78. The van der Waals surface area contributed by atoms with Crippen molar-refractivity contribution < 1.29 is 4.79 Å². The predicted molar refractivity (Wildman–Crippen MR) is 75.8 cm³/mol. The third-order valence-electron chi connectivity index (χ3n) is 2.37. The summed E-state index contributed by atoms with van der Waals surface area (Å²) in [6.07, 6.45) is 3.25. The van der Waals surface area contributed by atoms with Crippen LogP contribution >= 0.6 is 15.9 Å². The normalized spacial score (nSPS) is 9.89. The lowest BCUT2D eigenvalue weighted by Gasteiger charge is -2.08. The molecule has 2 aromatic rings. The minimum absolute atomic E-state index is 0.281. The second-order valence-corrected chi connectivity index (χ2v) is 4.63. The lowest BCUT2D eigenvalue weighted by molar-refractivity contribution is 0.262. The van der Waals surface area contributed by atoms with Gasteiger partial charge in [-0.25, -0.2) is 4.79 Å². The summed E-state index contributed by atoms with van der Waals surface area (Å²) in [4.78, 5) is 15.6. The van der Waals surface area contributed by atoms with Crippen LogP contribution in [0.25, 0.3) is 0 Å². The van der Waals surface area contributed by atoms with Gasteiger partial charge in [-0.3, -0.25) is 4.98 Å². The van der Waals surface area contributed by atoms with E-state index in [0.717, 1.165) is 15.7 Å². The van der Waals surface area contributed by atoms with Crippen molar-refractivity contribution in [3.63, 3.8) is 0 Å². The van der Waals surface area contributed by atoms with Crippen molar-refractivity contribution in [3.05, 3.63) is 52.8 Å². The van der Waals surface area contributed by atoms with Gasteiger partial charge in [0.25, 0.3) is 0 Å². The van der Waals surface area contributed by atoms with Gasteiger partial charge in [0.2, 0.25) is 0 Å². The van der Waals surface area contributed by atoms with Crippen molar-refractivity contribution in [2.45, 2.75) is 6.92 Å². The molecule has 1 aromatic carbocycles. The van der Waals surface area contributed by atoms with Gasteiger partial charge in [0.05, 0.1) is 0 Å². The Kier molecular flexibility index (Phi) is 3.94. The highest BCUT2D eigenvalue weighted by Crippen LogP contribution is 2.20. The van der Waals surface area contributed by atoms with Crippen molar-refractivity contribution in [2.75, 3.05) is 10.6 Å². The van der Waals surface area contributed by atoms with Gasteiger partial charge in [0, 0.05) is 28.2 Å². The number of hydrogen-bond donors (Lipinski definition) is 2. The minimum atomic E-state index is -0.281. The van der Waals surface area contributed by atoms with Crippen LogP contribution in [0.1, 0.15) is 5.56 Å². The molecule has 0 aliphatic heterocycles. The molecule has 0 unspecified atom stereocenters. The average molecular weight is 306 g/mol. The predicted octanol–water partition coefficient (Wildman–Crippen LogP) is 3.80. The topological polar surface area (TPSA) is 54.0 Å². The Morgan fingerprint density at radius 2 is 1.78 bits per heavy atom. The molecule has 0 fully saturated rings. The van der Waals surface area contributed by atoms with E-state index in [1.165, 1.54) is 0 Å². The van der Waals surface area contributed by atoms with Crippen molar-refractivity contribution in [1.29, 1.82) is 0 Å². The highest BCUT2D eigenvalue weighted by molar-refractivity contribution is 9.10. The summed E-state index contributed by atoms with van der Waals surface area (Å²) in [5, 5.41) is 5.48. The molecule has 0 radical (unpaired) electrons. The number of aryl methyl sites for hydroxylation is 1. The number of halogens is 1. The summed E-state index contributed by atoms with van der Waals surface area (Å²) in [6.45, 7) is 1.99. The SMILES string of the molecule is Cc1ccc(NC(=O)Nc2ccncc2)cc1Br. The van der Waals surface area contributed by atoms with E-state index in [2.05, 4.69) is 31.5 Å². The third-order valence-corrected chi connectivity index (χ3v) is 3.22. The number of benzene rings is 1. The van der Waals surface area contributed by atoms with Crippen molar-refractivity contribution in [3.8, 4) is 0 Å². The molecule has 0 bridgehead atoms. The molecule has 18 heavy (non-hydrogen) atoms. The van der Waals surface area contributed by atoms with Gasteiger partial charge >= 0.3 is 6.03 Å². The molecule has 4 nitrogen and oxygen atoms in total. The zero-order valence-corrected chi connectivity index (χ0v) is 11.4. The maximum Gasteiger partial charge on any atom is 0.323 e. The Morgan fingerprint density at radius 1 is 1.11 bits per heavy atom. The number of carbonyl (C=O) groups is 1. The Balaban J connectivity index is 2.01. The molecular weight excluding hydrogens is 294 g/mol. The fraction of sp³-hybridized carbons (Fsp3) is 0.0769. The highest BCUT2D eigenvalue weighted by Gasteiger charge is 2.03. The fourth-order valence-electron chi connectivity index (χ4n) is 1.40. The van der Waals surface area contributed by atoms with E-state index in [1.54, 1.807) is 24.5 Å². The fourth-order valence-corrected chi connectivity index (χ4v) is 1.78. The van der Waals surface area contributed by atoms with Crippen LogP contribution in [0.4, 0.5) is 16.2 Å². The Bertz CT molecular complexity index is 557. The first-order valence-corrected chi connectivity index (χ1v) is 6.18. The van der Waals surface area contributed by atoms with E-state index >= 15 is 0 Å². The molecule has 0 atom stereocenters. The van der Waals surface area contributed by atoms with Gasteiger partial charge in [-0.05, 0) is 36.8 Å². The molecule has 2 amide bonds. The summed E-state index contributed by atoms with van der Waals surface area (Å²) < 4.78 is 0.962. The van der Waals surface area contributed by atoms with Crippen LogP contribution in [0.5, 0.6) is 0 Å².